The summed E-state index contributed by atoms with van der Waals surface area (Å²) in [6.45, 7) is 4.71. The van der Waals surface area contributed by atoms with Gasteiger partial charge in [0.15, 0.2) is 6.61 Å². The number of rotatable bonds is 4. The Labute approximate surface area is 147 Å². The summed E-state index contributed by atoms with van der Waals surface area (Å²) >= 11 is 0. The molecule has 0 aromatic heterocycles. The molecule has 0 N–H and O–H groups in total. The van der Waals surface area contributed by atoms with Crippen molar-refractivity contribution in [3.05, 3.63) is 48.0 Å². The molecule has 5 heteroatoms. The van der Waals surface area contributed by atoms with Crippen LogP contribution in [0, 0.1) is 0 Å². The second-order valence-electron chi connectivity index (χ2n) is 6.53. The van der Waals surface area contributed by atoms with Crippen molar-refractivity contribution in [2.24, 2.45) is 0 Å². The van der Waals surface area contributed by atoms with Gasteiger partial charge in [0.1, 0.15) is 0 Å². The van der Waals surface area contributed by atoms with Gasteiger partial charge in [-0.3, -0.25) is 9.59 Å². The predicted molar refractivity (Wildman–Crippen MR) is 95.2 cm³/mol. The number of benzene rings is 2. The van der Waals surface area contributed by atoms with Crippen LogP contribution in [-0.4, -0.2) is 48.7 Å². The van der Waals surface area contributed by atoms with E-state index in [1.807, 2.05) is 56.3 Å². The van der Waals surface area contributed by atoms with Crippen molar-refractivity contribution in [3.63, 3.8) is 0 Å². The number of carbonyl (C=O) groups is 2. The summed E-state index contributed by atoms with van der Waals surface area (Å²) in [4.78, 5) is 26.1. The van der Waals surface area contributed by atoms with E-state index in [9.17, 15) is 9.59 Å². The summed E-state index contributed by atoms with van der Waals surface area (Å²) in [7, 11) is 0. The van der Waals surface area contributed by atoms with Crippen LogP contribution in [0.1, 0.15) is 19.4 Å². The number of morpholine rings is 1. The number of hydrogen-bond acceptors (Lipinski definition) is 4. The van der Waals surface area contributed by atoms with E-state index in [0.717, 1.165) is 16.3 Å². The van der Waals surface area contributed by atoms with E-state index in [0.29, 0.717) is 13.1 Å². The van der Waals surface area contributed by atoms with Crippen LogP contribution >= 0.6 is 0 Å². The Balaban J connectivity index is 1.56. The molecule has 132 valence electrons. The third-order valence-electron chi connectivity index (χ3n) is 4.34. The van der Waals surface area contributed by atoms with Gasteiger partial charge in [-0.05, 0) is 30.2 Å². The van der Waals surface area contributed by atoms with Gasteiger partial charge in [-0.1, -0.05) is 42.5 Å². The maximum absolute atomic E-state index is 12.3. The lowest BCUT2D eigenvalue weighted by Gasteiger charge is -2.35. The number of amides is 1. The zero-order valence-electron chi connectivity index (χ0n) is 14.6. The Morgan fingerprint density at radius 2 is 1.76 bits per heavy atom. The molecule has 1 aliphatic rings. The molecule has 0 unspecified atom stereocenters. The van der Waals surface area contributed by atoms with E-state index < -0.39 is 0 Å². The maximum atomic E-state index is 12.3. The van der Waals surface area contributed by atoms with Gasteiger partial charge >= 0.3 is 5.97 Å². The molecule has 1 aliphatic heterocycles. The first-order valence-corrected chi connectivity index (χ1v) is 8.58. The van der Waals surface area contributed by atoms with E-state index in [4.69, 9.17) is 9.47 Å². The van der Waals surface area contributed by atoms with Gasteiger partial charge < -0.3 is 14.4 Å². The number of nitrogens with zero attached hydrogens (tertiary/aromatic N) is 1. The molecule has 1 heterocycles. The predicted octanol–water partition coefficient (Wildman–Crippen LogP) is 2.56. The van der Waals surface area contributed by atoms with Crippen LogP contribution < -0.4 is 0 Å². The van der Waals surface area contributed by atoms with Crippen molar-refractivity contribution in [1.82, 2.24) is 4.90 Å². The van der Waals surface area contributed by atoms with Crippen molar-refractivity contribution in [3.8, 4) is 0 Å². The third-order valence-corrected chi connectivity index (χ3v) is 4.34. The maximum Gasteiger partial charge on any atom is 0.310 e. The molecular weight excluding hydrogens is 318 g/mol. The minimum absolute atomic E-state index is 0.000847. The Morgan fingerprint density at radius 1 is 1.08 bits per heavy atom. The highest BCUT2D eigenvalue weighted by Crippen LogP contribution is 2.19. The number of esters is 1. The highest BCUT2D eigenvalue weighted by molar-refractivity contribution is 5.89. The Hall–Kier alpha value is -2.40. The number of ether oxygens (including phenoxy) is 2. The smallest absolute Gasteiger partial charge is 0.310 e. The first kappa shape index (κ1) is 17.4. The number of fused-ring (bicyclic) bond motifs is 1. The van der Waals surface area contributed by atoms with Crippen LogP contribution in [0.5, 0.6) is 0 Å². The average Bonchev–Trinajstić information content (AvgIpc) is 2.59. The fraction of sp³-hybridized carbons (Fsp3) is 0.400. The molecule has 3 rings (SSSR count). The molecule has 25 heavy (non-hydrogen) atoms. The molecular formula is C20H23NO4. The molecule has 2 atom stereocenters. The fourth-order valence-electron chi connectivity index (χ4n) is 3.27. The minimum Gasteiger partial charge on any atom is -0.455 e. The second-order valence-corrected chi connectivity index (χ2v) is 6.53. The van der Waals surface area contributed by atoms with Gasteiger partial charge in [0.05, 0.1) is 18.6 Å². The Bertz CT molecular complexity index is 758. The molecule has 1 saturated heterocycles. The van der Waals surface area contributed by atoms with Crippen LogP contribution in [-0.2, 0) is 25.5 Å². The van der Waals surface area contributed by atoms with E-state index in [1.54, 1.807) is 4.90 Å². The average molecular weight is 341 g/mol. The molecule has 1 fully saturated rings. The van der Waals surface area contributed by atoms with Crippen molar-refractivity contribution in [2.45, 2.75) is 32.5 Å². The number of carbonyl (C=O) groups excluding carboxylic acids is 2. The topological polar surface area (TPSA) is 55.8 Å². The fourth-order valence-corrected chi connectivity index (χ4v) is 3.27. The van der Waals surface area contributed by atoms with Crippen LogP contribution in [0.25, 0.3) is 10.8 Å². The number of hydrogen-bond donors (Lipinski definition) is 0. The molecule has 2 aromatic rings. The normalized spacial score (nSPS) is 20.5. The highest BCUT2D eigenvalue weighted by atomic mass is 16.5. The van der Waals surface area contributed by atoms with E-state index in [2.05, 4.69) is 0 Å². The molecule has 1 amide bonds. The van der Waals surface area contributed by atoms with Crippen molar-refractivity contribution in [2.75, 3.05) is 19.7 Å². The van der Waals surface area contributed by atoms with E-state index >= 15 is 0 Å². The van der Waals surface area contributed by atoms with Gasteiger partial charge in [-0.15, -0.1) is 0 Å². The van der Waals surface area contributed by atoms with Gasteiger partial charge in [0, 0.05) is 13.1 Å². The SMILES string of the molecule is C[C@@H]1CN(C(=O)COC(=O)Cc2cccc3ccccc23)C[C@@H](C)O1. The van der Waals surface area contributed by atoms with Gasteiger partial charge in [0.25, 0.3) is 5.91 Å². The van der Waals surface area contributed by atoms with Gasteiger partial charge in [-0.25, -0.2) is 0 Å². The largest absolute Gasteiger partial charge is 0.455 e. The second kappa shape index (κ2) is 7.66. The van der Waals surface area contributed by atoms with Gasteiger partial charge in [-0.2, -0.15) is 0 Å². The van der Waals surface area contributed by atoms with Gasteiger partial charge in [0.2, 0.25) is 0 Å². The van der Waals surface area contributed by atoms with Crippen LogP contribution in [0.2, 0.25) is 0 Å². The Kier molecular flexibility index (Phi) is 5.34. The third kappa shape index (κ3) is 4.37. The summed E-state index contributed by atoms with van der Waals surface area (Å²) < 4.78 is 10.8. The van der Waals surface area contributed by atoms with Crippen LogP contribution in [0.4, 0.5) is 0 Å². The molecule has 5 nitrogen and oxygen atoms in total. The van der Waals surface area contributed by atoms with E-state index in [-0.39, 0.29) is 37.1 Å². The Morgan fingerprint density at radius 3 is 2.52 bits per heavy atom. The van der Waals surface area contributed by atoms with E-state index in [1.165, 1.54) is 0 Å². The first-order chi connectivity index (χ1) is 12.0. The zero-order valence-corrected chi connectivity index (χ0v) is 14.6. The van der Waals surface area contributed by atoms with Crippen LogP contribution in [0.3, 0.4) is 0 Å². The van der Waals surface area contributed by atoms with Crippen molar-refractivity contribution in [1.29, 1.82) is 0 Å². The molecule has 0 saturated carbocycles. The standard InChI is InChI=1S/C20H23NO4/c1-14-11-21(12-15(2)25-14)19(22)13-24-20(23)10-17-8-5-7-16-6-3-4-9-18(16)17/h3-9,14-15H,10-13H2,1-2H3/t14-,15-/m1/s1. The zero-order chi connectivity index (χ0) is 17.8. The quantitative estimate of drug-likeness (QED) is 0.802. The summed E-state index contributed by atoms with van der Waals surface area (Å²) in [5.41, 5.74) is 0.907. The lowest BCUT2D eigenvalue weighted by Crippen LogP contribution is -2.49. The molecule has 0 radical (unpaired) electrons. The molecule has 0 bridgehead atoms. The summed E-state index contributed by atoms with van der Waals surface area (Å²) in [5.74, 6) is -0.563. The lowest BCUT2D eigenvalue weighted by atomic mass is 10.0. The first-order valence-electron chi connectivity index (χ1n) is 8.58. The van der Waals surface area contributed by atoms with Crippen molar-refractivity contribution < 1.29 is 19.1 Å². The minimum atomic E-state index is -0.390. The van der Waals surface area contributed by atoms with Crippen molar-refractivity contribution >= 4 is 22.6 Å². The molecule has 0 spiro atoms. The summed E-state index contributed by atoms with van der Waals surface area (Å²) in [6, 6.07) is 13.8. The molecule has 2 aromatic carbocycles. The lowest BCUT2D eigenvalue weighted by molar-refractivity contribution is -0.156. The summed E-state index contributed by atoms with van der Waals surface area (Å²) in [5, 5.41) is 2.12. The van der Waals surface area contributed by atoms with Crippen LogP contribution in [0.15, 0.2) is 42.5 Å². The molecule has 0 aliphatic carbocycles. The summed E-state index contributed by atoms with van der Waals surface area (Å²) in [6.07, 6.45) is 0.156. The monoisotopic (exact) mass is 341 g/mol. The highest BCUT2D eigenvalue weighted by Gasteiger charge is 2.26.